The molecule has 1 atom stereocenters. The van der Waals surface area contributed by atoms with Crippen LogP contribution < -0.4 is 5.32 Å². The fourth-order valence-electron chi connectivity index (χ4n) is 2.26. The van der Waals surface area contributed by atoms with Crippen LogP contribution in [0, 0.1) is 5.92 Å². The molecule has 0 spiro atoms. The second kappa shape index (κ2) is 9.24. The van der Waals surface area contributed by atoms with Gasteiger partial charge in [-0.1, -0.05) is 0 Å². The summed E-state index contributed by atoms with van der Waals surface area (Å²) in [6.45, 7) is 2.07. The highest BCUT2D eigenvalue weighted by Crippen LogP contribution is 2.24. The molecule has 0 bridgehead atoms. The number of methoxy groups -OCH3 is 1. The van der Waals surface area contributed by atoms with Crippen molar-refractivity contribution in [2.45, 2.75) is 6.92 Å². The molecule has 9 heteroatoms. The number of carbonyl (C=O) groups is 4. The first-order valence-corrected chi connectivity index (χ1v) is 8.89. The normalized spacial score (nSPS) is 17.2. The van der Waals surface area contributed by atoms with Crippen LogP contribution in [0.25, 0.3) is 6.08 Å². The Kier molecular flexibility index (Phi) is 7.03. The van der Waals surface area contributed by atoms with Gasteiger partial charge >= 0.3 is 6.09 Å². The minimum absolute atomic E-state index is 0.140. The molecule has 1 N–H and O–H groups in total. The van der Waals surface area contributed by atoms with Gasteiger partial charge in [-0.15, -0.1) is 11.3 Å². The topological polar surface area (TPSA) is 102 Å². The molecule has 0 saturated carbocycles. The van der Waals surface area contributed by atoms with E-state index in [0.717, 1.165) is 0 Å². The number of rotatable bonds is 7. The van der Waals surface area contributed by atoms with Crippen LogP contribution in [0.3, 0.4) is 0 Å². The number of hydrogen-bond donors (Lipinski definition) is 1. The molecule has 1 aromatic rings. The van der Waals surface area contributed by atoms with E-state index in [4.69, 9.17) is 9.47 Å². The number of thiophene rings is 1. The lowest BCUT2D eigenvalue weighted by molar-refractivity contribution is -0.142. The number of ketones is 2. The van der Waals surface area contributed by atoms with Crippen LogP contribution in [-0.2, 0) is 23.9 Å². The first kappa shape index (κ1) is 20.5. The predicted octanol–water partition coefficient (Wildman–Crippen LogP) is 2.09. The Morgan fingerprint density at radius 3 is 2.74 bits per heavy atom. The van der Waals surface area contributed by atoms with Gasteiger partial charge < -0.3 is 14.4 Å². The number of amides is 2. The summed E-state index contributed by atoms with van der Waals surface area (Å²) in [7, 11) is 3.03. The highest BCUT2D eigenvalue weighted by Gasteiger charge is 2.37. The van der Waals surface area contributed by atoms with Crippen LogP contribution in [0.5, 0.6) is 0 Å². The van der Waals surface area contributed by atoms with Gasteiger partial charge in [0.1, 0.15) is 6.61 Å². The lowest BCUT2D eigenvalue weighted by Gasteiger charge is -2.25. The number of allylic oxidation sites excluding steroid dienone is 3. The average Bonchev–Trinajstić information content (AvgIpc) is 3.05. The summed E-state index contributed by atoms with van der Waals surface area (Å²) in [4.78, 5) is 50.0. The van der Waals surface area contributed by atoms with Gasteiger partial charge in [0.05, 0.1) is 11.6 Å². The van der Waals surface area contributed by atoms with E-state index in [-0.39, 0.29) is 6.61 Å². The van der Waals surface area contributed by atoms with Gasteiger partial charge in [0.2, 0.25) is 5.91 Å². The molecule has 1 aliphatic heterocycles. The summed E-state index contributed by atoms with van der Waals surface area (Å²) in [5, 5.41) is 3.09. The van der Waals surface area contributed by atoms with Crippen molar-refractivity contribution >= 4 is 46.0 Å². The van der Waals surface area contributed by atoms with Crippen molar-refractivity contribution in [1.29, 1.82) is 0 Å². The van der Waals surface area contributed by atoms with E-state index < -0.39 is 29.5 Å². The summed E-state index contributed by atoms with van der Waals surface area (Å²) < 4.78 is 9.67. The standard InChI is InChI=1S/C18H20N2O6S/c1-11-10-14(22)16(17(23)20(11)2)13(21)6-4-12-5-7-15(27-12)19-18(24)26-9-8-25-3/h4-7,10,16H,8-9H2,1-3H3,(H,19,24)/b6-4+. The first-order chi connectivity index (χ1) is 12.8. The highest BCUT2D eigenvalue weighted by molar-refractivity contribution is 7.17. The number of nitrogens with one attached hydrogen (secondary N) is 1. The zero-order valence-electron chi connectivity index (χ0n) is 15.2. The average molecular weight is 392 g/mol. The summed E-state index contributed by atoms with van der Waals surface area (Å²) >= 11 is 1.22. The SMILES string of the molecule is COCCOC(=O)Nc1ccc(/C=C/C(=O)C2C(=O)C=C(C)N(C)C2=O)s1. The first-order valence-electron chi connectivity index (χ1n) is 8.07. The van der Waals surface area contributed by atoms with Gasteiger partial charge in [-0.2, -0.15) is 0 Å². The maximum Gasteiger partial charge on any atom is 0.412 e. The number of anilines is 1. The van der Waals surface area contributed by atoms with Crippen LogP contribution >= 0.6 is 11.3 Å². The quantitative estimate of drug-likeness (QED) is 0.433. The van der Waals surface area contributed by atoms with E-state index in [9.17, 15) is 19.2 Å². The Morgan fingerprint density at radius 2 is 2.04 bits per heavy atom. The van der Waals surface area contributed by atoms with Crippen LogP contribution in [0.4, 0.5) is 9.80 Å². The zero-order chi connectivity index (χ0) is 20.0. The third kappa shape index (κ3) is 5.35. The fraction of sp³-hybridized carbons (Fsp3) is 0.333. The van der Waals surface area contributed by atoms with E-state index in [1.54, 1.807) is 19.1 Å². The van der Waals surface area contributed by atoms with Crippen molar-refractivity contribution in [2.24, 2.45) is 5.92 Å². The molecule has 0 fully saturated rings. The summed E-state index contributed by atoms with van der Waals surface area (Å²) in [6.07, 6.45) is 3.39. The van der Waals surface area contributed by atoms with Crippen molar-refractivity contribution in [1.82, 2.24) is 4.90 Å². The Bertz CT molecular complexity index is 811. The molecular formula is C18H20N2O6S. The Hall–Kier alpha value is -2.78. The summed E-state index contributed by atoms with van der Waals surface area (Å²) in [6, 6.07) is 3.35. The number of ether oxygens (including phenoxy) is 2. The molecule has 0 aliphatic carbocycles. The van der Waals surface area contributed by atoms with E-state index in [2.05, 4.69) is 5.32 Å². The Morgan fingerprint density at radius 1 is 1.30 bits per heavy atom. The molecule has 0 radical (unpaired) electrons. The zero-order valence-corrected chi connectivity index (χ0v) is 16.0. The van der Waals surface area contributed by atoms with Crippen molar-refractivity contribution in [3.05, 3.63) is 34.9 Å². The van der Waals surface area contributed by atoms with Crippen molar-refractivity contribution in [2.75, 3.05) is 32.7 Å². The smallest absolute Gasteiger partial charge is 0.412 e. The third-order valence-corrected chi connectivity index (χ3v) is 4.78. The van der Waals surface area contributed by atoms with Crippen LogP contribution in [0.15, 0.2) is 30.0 Å². The molecule has 2 rings (SSSR count). The second-order valence-corrected chi connectivity index (χ2v) is 6.83. The largest absolute Gasteiger partial charge is 0.447 e. The van der Waals surface area contributed by atoms with E-state index in [1.165, 1.54) is 48.6 Å². The molecular weight excluding hydrogens is 372 g/mol. The minimum Gasteiger partial charge on any atom is -0.447 e. The van der Waals surface area contributed by atoms with Gasteiger partial charge in [-0.05, 0) is 31.2 Å². The van der Waals surface area contributed by atoms with E-state index in [0.29, 0.717) is 22.2 Å². The summed E-state index contributed by atoms with van der Waals surface area (Å²) in [5.74, 6) is -2.98. The fourth-order valence-corrected chi connectivity index (χ4v) is 3.06. The maximum absolute atomic E-state index is 12.3. The molecule has 1 unspecified atom stereocenters. The van der Waals surface area contributed by atoms with Gasteiger partial charge in [0, 0.05) is 30.8 Å². The molecule has 8 nitrogen and oxygen atoms in total. The van der Waals surface area contributed by atoms with Crippen molar-refractivity contribution < 1.29 is 28.7 Å². The molecule has 144 valence electrons. The number of hydrogen-bond acceptors (Lipinski definition) is 7. The molecule has 27 heavy (non-hydrogen) atoms. The monoisotopic (exact) mass is 392 g/mol. The molecule has 0 saturated heterocycles. The van der Waals surface area contributed by atoms with E-state index in [1.807, 2.05) is 0 Å². The van der Waals surface area contributed by atoms with Crippen LogP contribution in [-0.4, -0.2) is 55.8 Å². The molecule has 1 aromatic heterocycles. The highest BCUT2D eigenvalue weighted by atomic mass is 32.1. The lowest BCUT2D eigenvalue weighted by Crippen LogP contribution is -2.43. The van der Waals surface area contributed by atoms with Crippen molar-refractivity contribution in [3.63, 3.8) is 0 Å². The third-order valence-electron chi connectivity index (χ3n) is 3.81. The van der Waals surface area contributed by atoms with Gasteiger partial charge in [-0.25, -0.2) is 4.79 Å². The maximum atomic E-state index is 12.3. The molecule has 0 aromatic carbocycles. The molecule has 2 heterocycles. The number of carbonyl (C=O) groups excluding carboxylic acids is 4. The van der Waals surface area contributed by atoms with Gasteiger partial charge in [-0.3, -0.25) is 19.7 Å². The molecule has 1 aliphatic rings. The van der Waals surface area contributed by atoms with Gasteiger partial charge in [0.25, 0.3) is 0 Å². The minimum atomic E-state index is -1.34. The Labute approximate surface area is 160 Å². The second-order valence-electron chi connectivity index (χ2n) is 5.71. The van der Waals surface area contributed by atoms with Crippen LogP contribution in [0.2, 0.25) is 0 Å². The van der Waals surface area contributed by atoms with Crippen LogP contribution in [0.1, 0.15) is 11.8 Å². The van der Waals surface area contributed by atoms with E-state index >= 15 is 0 Å². The van der Waals surface area contributed by atoms with Crippen molar-refractivity contribution in [3.8, 4) is 0 Å². The lowest BCUT2D eigenvalue weighted by atomic mass is 9.93. The Balaban J connectivity index is 1.97. The summed E-state index contributed by atoms with van der Waals surface area (Å²) in [5.41, 5.74) is 0.504. The number of nitrogens with zero attached hydrogens (tertiary/aromatic N) is 1. The van der Waals surface area contributed by atoms with Gasteiger partial charge in [0.15, 0.2) is 17.5 Å². The molecule has 2 amide bonds. The predicted molar refractivity (Wildman–Crippen MR) is 100 cm³/mol.